The summed E-state index contributed by atoms with van der Waals surface area (Å²) in [6.07, 6.45) is 5.27. The molecule has 226 valence electrons. The Kier molecular flexibility index (Phi) is 8.49. The molecule has 1 saturated heterocycles. The number of allylic oxidation sites excluding steroid dienone is 2. The lowest BCUT2D eigenvalue weighted by molar-refractivity contribution is -0.216. The summed E-state index contributed by atoms with van der Waals surface area (Å²) in [5.74, 6) is -1.05. The van der Waals surface area contributed by atoms with Crippen LogP contribution in [0.2, 0.25) is 18.1 Å². The second-order valence-electron chi connectivity index (χ2n) is 14.0. The minimum absolute atomic E-state index is 0.0517. The Labute approximate surface area is 241 Å². The van der Waals surface area contributed by atoms with E-state index in [0.717, 1.165) is 12.8 Å². The summed E-state index contributed by atoms with van der Waals surface area (Å²) in [4.78, 5) is 26.6. The van der Waals surface area contributed by atoms with Crippen molar-refractivity contribution < 1.29 is 37.7 Å². The normalized spacial score (nSPS) is 33.6. The average molecular weight is 579 g/mol. The molecule has 0 aromatic rings. The van der Waals surface area contributed by atoms with Gasteiger partial charge in [-0.2, -0.15) is 0 Å². The number of ether oxygens (including phenoxy) is 5. The first-order chi connectivity index (χ1) is 18.6. The Morgan fingerprint density at radius 3 is 2.27 bits per heavy atom. The molecule has 5 atom stereocenters. The number of hydrogen-bond donors (Lipinski definition) is 0. The van der Waals surface area contributed by atoms with Gasteiger partial charge in [0.25, 0.3) is 0 Å². The van der Waals surface area contributed by atoms with E-state index >= 15 is 0 Å². The molecule has 0 aromatic heterocycles. The van der Waals surface area contributed by atoms with Crippen LogP contribution in [0.1, 0.15) is 66.7 Å². The van der Waals surface area contributed by atoms with Gasteiger partial charge in [-0.05, 0) is 42.3 Å². The standard InChI is InChI=1S/C31H50O8Si/c1-20-21-11-12-30(19-34-6)22(17-25(32)35-7)26(27(33)36-8)23(39-40(9,10)28(2,3)4)18-24(30)29(21,5)13-14-31(20)37-15-16-38-31/h11,20,22,24H,12-19H2,1-10H3/t20-,22+,24+,29-,30+/m0/s1. The van der Waals surface area contributed by atoms with Crippen molar-refractivity contribution >= 4 is 20.3 Å². The molecule has 0 amide bonds. The zero-order chi connectivity index (χ0) is 29.7. The summed E-state index contributed by atoms with van der Waals surface area (Å²) >= 11 is 0. The van der Waals surface area contributed by atoms with E-state index in [1.165, 1.54) is 19.8 Å². The molecule has 1 saturated carbocycles. The smallest absolute Gasteiger partial charge is 0.337 e. The number of carbonyl (C=O) groups is 2. The highest BCUT2D eigenvalue weighted by Gasteiger charge is 2.65. The van der Waals surface area contributed by atoms with E-state index in [4.69, 9.17) is 28.1 Å². The molecule has 4 rings (SSSR count). The van der Waals surface area contributed by atoms with Crippen molar-refractivity contribution in [2.45, 2.75) is 90.6 Å². The number of fused-ring (bicyclic) bond motifs is 3. The van der Waals surface area contributed by atoms with Crippen LogP contribution in [0.4, 0.5) is 0 Å². The van der Waals surface area contributed by atoms with E-state index in [2.05, 4.69) is 53.8 Å². The molecule has 0 radical (unpaired) electrons. The van der Waals surface area contributed by atoms with E-state index in [1.54, 1.807) is 7.11 Å². The van der Waals surface area contributed by atoms with Crippen molar-refractivity contribution in [1.82, 2.24) is 0 Å². The predicted molar refractivity (Wildman–Crippen MR) is 154 cm³/mol. The van der Waals surface area contributed by atoms with Gasteiger partial charge in [-0.15, -0.1) is 0 Å². The van der Waals surface area contributed by atoms with Crippen LogP contribution in [-0.2, 0) is 37.7 Å². The number of esters is 2. The Hall–Kier alpha value is -1.68. The van der Waals surface area contributed by atoms with Gasteiger partial charge in [0.2, 0.25) is 8.32 Å². The van der Waals surface area contributed by atoms with Crippen LogP contribution in [0.25, 0.3) is 0 Å². The van der Waals surface area contributed by atoms with E-state index in [1.807, 2.05) is 0 Å². The van der Waals surface area contributed by atoms with Gasteiger partial charge in [-0.3, -0.25) is 4.79 Å². The van der Waals surface area contributed by atoms with Crippen molar-refractivity contribution in [2.75, 3.05) is 41.2 Å². The zero-order valence-corrected chi connectivity index (χ0v) is 27.2. The molecule has 2 fully saturated rings. The van der Waals surface area contributed by atoms with Gasteiger partial charge in [0.1, 0.15) is 0 Å². The maximum absolute atomic E-state index is 13.6. The SMILES string of the molecule is COC[C@@]12CC=C3[C@H](C)C4(CC[C@]3(C)[C@H]1CC(O[Si](C)(C)C(C)(C)C)=C(C(=O)OC)[C@H]2CC(=O)OC)OCCO4. The highest BCUT2D eigenvalue weighted by atomic mass is 28.4. The molecule has 4 aliphatic rings. The van der Waals surface area contributed by atoms with Gasteiger partial charge in [-0.25, -0.2) is 4.79 Å². The van der Waals surface area contributed by atoms with Gasteiger partial charge in [0, 0.05) is 37.2 Å². The summed E-state index contributed by atoms with van der Waals surface area (Å²) in [5.41, 5.74) is 1.05. The van der Waals surface area contributed by atoms with Crippen LogP contribution in [0.3, 0.4) is 0 Å². The fourth-order valence-electron chi connectivity index (χ4n) is 7.85. The number of hydrogen-bond acceptors (Lipinski definition) is 8. The molecule has 40 heavy (non-hydrogen) atoms. The Morgan fingerprint density at radius 1 is 1.07 bits per heavy atom. The van der Waals surface area contributed by atoms with Crippen LogP contribution < -0.4 is 0 Å². The van der Waals surface area contributed by atoms with Crippen molar-refractivity contribution in [3.05, 3.63) is 23.0 Å². The molecule has 0 unspecified atom stereocenters. The van der Waals surface area contributed by atoms with Crippen molar-refractivity contribution in [2.24, 2.45) is 28.6 Å². The lowest BCUT2D eigenvalue weighted by Crippen LogP contribution is -2.60. The summed E-state index contributed by atoms with van der Waals surface area (Å²) < 4.78 is 36.0. The molecule has 0 bridgehead atoms. The Bertz CT molecular complexity index is 1070. The van der Waals surface area contributed by atoms with Crippen LogP contribution in [0, 0.1) is 28.6 Å². The first-order valence-corrected chi connectivity index (χ1v) is 17.6. The summed E-state index contributed by atoms with van der Waals surface area (Å²) in [6, 6.07) is 0. The third-order valence-corrected chi connectivity index (χ3v) is 15.4. The quantitative estimate of drug-likeness (QED) is 0.214. The summed E-state index contributed by atoms with van der Waals surface area (Å²) in [5, 5.41) is -0.0788. The molecule has 3 aliphatic carbocycles. The topological polar surface area (TPSA) is 89.5 Å². The number of rotatable bonds is 7. The highest BCUT2D eigenvalue weighted by Crippen LogP contribution is 2.67. The predicted octanol–water partition coefficient (Wildman–Crippen LogP) is 5.78. The van der Waals surface area contributed by atoms with E-state index in [9.17, 15) is 9.59 Å². The first kappa shape index (κ1) is 31.3. The van der Waals surface area contributed by atoms with E-state index < -0.39 is 31.4 Å². The highest BCUT2D eigenvalue weighted by molar-refractivity contribution is 6.74. The van der Waals surface area contributed by atoms with E-state index in [-0.39, 0.29) is 34.7 Å². The van der Waals surface area contributed by atoms with Gasteiger partial charge >= 0.3 is 11.9 Å². The van der Waals surface area contributed by atoms with Gasteiger partial charge in [0.05, 0.1) is 51.8 Å². The van der Waals surface area contributed by atoms with Crippen molar-refractivity contribution in [1.29, 1.82) is 0 Å². The number of carbonyl (C=O) groups excluding carboxylic acids is 2. The first-order valence-electron chi connectivity index (χ1n) is 14.7. The molecule has 1 aliphatic heterocycles. The fourth-order valence-corrected chi connectivity index (χ4v) is 8.97. The minimum Gasteiger partial charge on any atom is -0.546 e. The zero-order valence-electron chi connectivity index (χ0n) is 26.2. The van der Waals surface area contributed by atoms with Crippen molar-refractivity contribution in [3.8, 4) is 0 Å². The van der Waals surface area contributed by atoms with Crippen LogP contribution in [-0.4, -0.2) is 67.2 Å². The molecule has 1 spiro atoms. The molecular weight excluding hydrogens is 528 g/mol. The third-order valence-electron chi connectivity index (χ3n) is 11.1. The minimum atomic E-state index is -2.35. The monoisotopic (exact) mass is 578 g/mol. The molecule has 8 nitrogen and oxygen atoms in total. The molecule has 1 heterocycles. The molecule has 9 heteroatoms. The largest absolute Gasteiger partial charge is 0.546 e. The Morgan fingerprint density at radius 2 is 1.73 bits per heavy atom. The van der Waals surface area contributed by atoms with Crippen molar-refractivity contribution in [3.63, 3.8) is 0 Å². The maximum Gasteiger partial charge on any atom is 0.337 e. The van der Waals surface area contributed by atoms with Crippen LogP contribution >= 0.6 is 0 Å². The summed E-state index contributed by atoms with van der Waals surface area (Å²) in [7, 11) is 2.14. The maximum atomic E-state index is 13.6. The third kappa shape index (κ3) is 4.88. The number of methoxy groups -OCH3 is 3. The van der Waals surface area contributed by atoms with Gasteiger partial charge < -0.3 is 28.1 Å². The molecular formula is C31H50O8Si. The summed E-state index contributed by atoms with van der Waals surface area (Å²) in [6.45, 7) is 17.1. The van der Waals surface area contributed by atoms with Gasteiger partial charge in [0.15, 0.2) is 5.79 Å². The lowest BCUT2D eigenvalue weighted by atomic mass is 9.43. The second kappa shape index (κ2) is 10.9. The second-order valence-corrected chi connectivity index (χ2v) is 18.7. The van der Waals surface area contributed by atoms with Crippen LogP contribution in [0.15, 0.2) is 23.0 Å². The Balaban J connectivity index is 1.93. The van der Waals surface area contributed by atoms with E-state index in [0.29, 0.717) is 44.0 Å². The van der Waals surface area contributed by atoms with Gasteiger partial charge in [-0.1, -0.05) is 46.3 Å². The molecule has 0 N–H and O–H groups in total. The lowest BCUT2D eigenvalue weighted by Gasteiger charge is -2.62. The molecule has 0 aromatic carbocycles. The average Bonchev–Trinajstić information content (AvgIpc) is 3.36. The fraction of sp³-hybridized carbons (Fsp3) is 0.806. The van der Waals surface area contributed by atoms with Crippen LogP contribution in [0.5, 0.6) is 0 Å².